The van der Waals surface area contributed by atoms with Crippen molar-refractivity contribution in [3.8, 4) is 11.5 Å². The monoisotopic (exact) mass is 264 g/mol. The van der Waals surface area contributed by atoms with Gasteiger partial charge in [0.1, 0.15) is 23.1 Å². The molecule has 0 radical (unpaired) electrons. The molecule has 0 aromatic heterocycles. The van der Waals surface area contributed by atoms with Gasteiger partial charge in [-0.2, -0.15) is 0 Å². The average molecular weight is 264 g/mol. The third-order valence-electron chi connectivity index (χ3n) is 2.60. The van der Waals surface area contributed by atoms with Crippen molar-refractivity contribution in [2.45, 2.75) is 6.92 Å². The molecule has 0 saturated carbocycles. The first-order valence-electron chi connectivity index (χ1n) is 5.57. The highest BCUT2D eigenvalue weighted by Gasteiger charge is 2.20. The molecule has 0 aliphatic rings. The lowest BCUT2D eigenvalue weighted by Gasteiger charge is -2.11. The minimum Gasteiger partial charge on any atom is -0.457 e. The second-order valence-corrected chi connectivity index (χ2v) is 4.07. The SMILES string of the molecule is Cc1cc(Oc2cccc(F)c2)cc(F)c1B(O)O. The molecule has 0 aliphatic heterocycles. The van der Waals surface area contributed by atoms with Crippen LogP contribution in [0.25, 0.3) is 0 Å². The predicted molar refractivity (Wildman–Crippen MR) is 67.4 cm³/mol. The highest BCUT2D eigenvalue weighted by atomic mass is 19.1. The molecule has 0 aliphatic carbocycles. The Bertz CT molecular complexity index is 579. The van der Waals surface area contributed by atoms with Crippen molar-refractivity contribution in [2.75, 3.05) is 0 Å². The number of hydrogen-bond donors (Lipinski definition) is 2. The fourth-order valence-electron chi connectivity index (χ4n) is 1.78. The molecule has 0 unspecified atom stereocenters. The maximum Gasteiger partial charge on any atom is 0.491 e. The Kier molecular flexibility index (Phi) is 3.83. The molecule has 2 rings (SSSR count). The Hall–Kier alpha value is -1.92. The van der Waals surface area contributed by atoms with Gasteiger partial charge >= 0.3 is 7.12 Å². The minimum absolute atomic E-state index is 0.157. The zero-order valence-corrected chi connectivity index (χ0v) is 10.1. The van der Waals surface area contributed by atoms with Crippen LogP contribution in [-0.2, 0) is 0 Å². The lowest BCUT2D eigenvalue weighted by atomic mass is 9.77. The van der Waals surface area contributed by atoms with E-state index in [0.717, 1.165) is 6.07 Å². The standard InChI is InChI=1S/C13H11BF2O3/c1-8-5-11(7-12(16)13(8)14(17)18)19-10-4-2-3-9(15)6-10/h2-7,17-18H,1H3. The minimum atomic E-state index is -1.89. The zero-order chi connectivity index (χ0) is 14.0. The van der Waals surface area contributed by atoms with Crippen LogP contribution in [0.3, 0.4) is 0 Å². The molecule has 0 atom stereocenters. The summed E-state index contributed by atoms with van der Waals surface area (Å²) in [4.78, 5) is 0. The summed E-state index contributed by atoms with van der Waals surface area (Å²) in [5.41, 5.74) is 0.132. The Morgan fingerprint density at radius 1 is 1.05 bits per heavy atom. The fraction of sp³-hybridized carbons (Fsp3) is 0.0769. The second-order valence-electron chi connectivity index (χ2n) is 4.07. The summed E-state index contributed by atoms with van der Waals surface area (Å²) in [6, 6.07) is 7.91. The van der Waals surface area contributed by atoms with Gasteiger partial charge in [-0.15, -0.1) is 0 Å². The molecule has 0 amide bonds. The van der Waals surface area contributed by atoms with E-state index in [-0.39, 0.29) is 17.0 Å². The van der Waals surface area contributed by atoms with Crippen LogP contribution in [0.15, 0.2) is 36.4 Å². The van der Waals surface area contributed by atoms with E-state index >= 15 is 0 Å². The van der Waals surface area contributed by atoms with E-state index in [4.69, 9.17) is 14.8 Å². The van der Waals surface area contributed by atoms with Gasteiger partial charge in [0.05, 0.1) is 0 Å². The molecular weight excluding hydrogens is 253 g/mol. The number of benzene rings is 2. The van der Waals surface area contributed by atoms with Crippen LogP contribution >= 0.6 is 0 Å². The van der Waals surface area contributed by atoms with Gasteiger partial charge in [-0.05, 0) is 30.7 Å². The van der Waals surface area contributed by atoms with Crippen LogP contribution in [0.4, 0.5) is 8.78 Å². The number of hydrogen-bond acceptors (Lipinski definition) is 3. The average Bonchev–Trinajstić information content (AvgIpc) is 2.27. The lowest BCUT2D eigenvalue weighted by molar-refractivity contribution is 0.422. The Morgan fingerprint density at radius 2 is 1.79 bits per heavy atom. The van der Waals surface area contributed by atoms with Gasteiger partial charge in [-0.25, -0.2) is 8.78 Å². The molecular formula is C13H11BF2O3. The normalized spacial score (nSPS) is 10.4. The Balaban J connectivity index is 2.32. The van der Waals surface area contributed by atoms with Gasteiger partial charge in [0.2, 0.25) is 0 Å². The quantitative estimate of drug-likeness (QED) is 0.830. The van der Waals surface area contributed by atoms with Crippen molar-refractivity contribution in [1.29, 1.82) is 0 Å². The maximum atomic E-state index is 13.7. The van der Waals surface area contributed by atoms with E-state index in [9.17, 15) is 8.78 Å². The lowest BCUT2D eigenvalue weighted by Crippen LogP contribution is -2.35. The fourth-order valence-corrected chi connectivity index (χ4v) is 1.78. The Labute approximate surface area is 109 Å². The molecule has 2 aromatic rings. The zero-order valence-electron chi connectivity index (χ0n) is 10.1. The van der Waals surface area contributed by atoms with Gasteiger partial charge in [0.15, 0.2) is 0 Å². The summed E-state index contributed by atoms with van der Waals surface area (Å²) in [5, 5.41) is 18.1. The smallest absolute Gasteiger partial charge is 0.457 e. The van der Waals surface area contributed by atoms with Gasteiger partial charge in [0.25, 0.3) is 0 Å². The highest BCUT2D eigenvalue weighted by molar-refractivity contribution is 6.59. The van der Waals surface area contributed by atoms with Crippen molar-refractivity contribution in [3.05, 3.63) is 53.6 Å². The first kappa shape index (κ1) is 13.5. The summed E-state index contributed by atoms with van der Waals surface area (Å²) in [6.45, 7) is 1.52. The number of halogens is 2. The van der Waals surface area contributed by atoms with Crippen LogP contribution in [-0.4, -0.2) is 17.2 Å². The van der Waals surface area contributed by atoms with Crippen LogP contribution in [0.2, 0.25) is 0 Å². The first-order chi connectivity index (χ1) is 8.97. The largest absolute Gasteiger partial charge is 0.491 e. The molecule has 0 spiro atoms. The number of aryl methyl sites for hydroxylation is 1. The van der Waals surface area contributed by atoms with Gasteiger partial charge in [0, 0.05) is 17.6 Å². The molecule has 3 nitrogen and oxygen atoms in total. The predicted octanol–water partition coefficient (Wildman–Crippen LogP) is 1.75. The Morgan fingerprint density at radius 3 is 2.37 bits per heavy atom. The molecule has 0 saturated heterocycles. The first-order valence-corrected chi connectivity index (χ1v) is 5.57. The molecule has 2 aromatic carbocycles. The van der Waals surface area contributed by atoms with Crippen LogP contribution in [0.5, 0.6) is 11.5 Å². The maximum absolute atomic E-state index is 13.7. The number of ether oxygens (including phenoxy) is 1. The van der Waals surface area contributed by atoms with Crippen molar-refractivity contribution in [2.24, 2.45) is 0 Å². The van der Waals surface area contributed by atoms with Crippen LogP contribution in [0.1, 0.15) is 5.56 Å². The van der Waals surface area contributed by atoms with Gasteiger partial charge in [-0.1, -0.05) is 6.07 Å². The summed E-state index contributed by atoms with van der Waals surface area (Å²) in [7, 11) is -1.89. The molecule has 98 valence electrons. The van der Waals surface area contributed by atoms with E-state index in [1.165, 1.54) is 37.3 Å². The van der Waals surface area contributed by atoms with Crippen molar-refractivity contribution >= 4 is 12.6 Å². The van der Waals surface area contributed by atoms with E-state index < -0.39 is 18.8 Å². The molecule has 0 bridgehead atoms. The van der Waals surface area contributed by atoms with Crippen LogP contribution < -0.4 is 10.2 Å². The van der Waals surface area contributed by atoms with Crippen molar-refractivity contribution in [3.63, 3.8) is 0 Å². The summed E-state index contributed by atoms with van der Waals surface area (Å²) in [6.07, 6.45) is 0. The highest BCUT2D eigenvalue weighted by Crippen LogP contribution is 2.23. The molecule has 0 fully saturated rings. The third kappa shape index (κ3) is 3.10. The third-order valence-corrected chi connectivity index (χ3v) is 2.60. The summed E-state index contributed by atoms with van der Waals surface area (Å²) in [5.74, 6) is -0.861. The van der Waals surface area contributed by atoms with Gasteiger partial charge < -0.3 is 14.8 Å². The van der Waals surface area contributed by atoms with Gasteiger partial charge in [-0.3, -0.25) is 0 Å². The summed E-state index contributed by atoms with van der Waals surface area (Å²) >= 11 is 0. The van der Waals surface area contributed by atoms with E-state index in [1.807, 2.05) is 0 Å². The molecule has 19 heavy (non-hydrogen) atoms. The van der Waals surface area contributed by atoms with E-state index in [0.29, 0.717) is 5.56 Å². The van der Waals surface area contributed by atoms with Crippen molar-refractivity contribution < 1.29 is 23.6 Å². The molecule has 2 N–H and O–H groups in total. The second kappa shape index (κ2) is 5.38. The number of rotatable bonds is 3. The molecule has 6 heteroatoms. The molecule has 0 heterocycles. The van der Waals surface area contributed by atoms with Crippen LogP contribution in [0, 0.1) is 18.6 Å². The topological polar surface area (TPSA) is 49.7 Å². The van der Waals surface area contributed by atoms with E-state index in [2.05, 4.69) is 0 Å². The van der Waals surface area contributed by atoms with Crippen molar-refractivity contribution in [1.82, 2.24) is 0 Å². The summed E-state index contributed by atoms with van der Waals surface area (Å²) < 4.78 is 32.0. The van der Waals surface area contributed by atoms with E-state index in [1.54, 1.807) is 0 Å².